The third-order valence-corrected chi connectivity index (χ3v) is 10.1. The van der Waals surface area contributed by atoms with Gasteiger partial charge in [0.2, 0.25) is 0 Å². The number of amidine groups is 1. The highest BCUT2D eigenvalue weighted by molar-refractivity contribution is 7.92. The van der Waals surface area contributed by atoms with Crippen molar-refractivity contribution in [2.75, 3.05) is 44.6 Å². The van der Waals surface area contributed by atoms with Crippen molar-refractivity contribution >= 4 is 27.5 Å². The SMILES string of the molecule is Cc1cc(NC2N=CC3=C(N2)N(C2=CCCC(N=S(C)(C)=O)=N2)[C@@H]2CC(C)(C)OC[C@]32C)ccc1C1CCN(C)CC1. The first-order valence-corrected chi connectivity index (χ1v) is 17.6. The summed E-state index contributed by atoms with van der Waals surface area (Å²) in [6.07, 6.45) is 12.0. The van der Waals surface area contributed by atoms with Crippen molar-refractivity contribution in [1.82, 2.24) is 15.1 Å². The minimum Gasteiger partial charge on any atom is -0.374 e. The standard InChI is InChI=1S/C32H47N7O2S/c1-21-17-23(11-12-24(21)22-13-15-38(5)16-14-22)34-30-33-19-25-29(36-30)39(26-18-31(2,3)41-20-32(25,26)4)28-10-8-9-27(35-28)37-42(6,7)40/h10-12,17,19,22,26,30,34,36H,8-9,13-16,18,20H2,1-7H3/t26-,30?,32-/m1/s1. The summed E-state index contributed by atoms with van der Waals surface area (Å²) < 4.78 is 23.3. The molecule has 0 amide bonds. The molecule has 5 heterocycles. The Morgan fingerprint density at radius 2 is 1.95 bits per heavy atom. The maximum Gasteiger partial charge on any atom is 0.195 e. The number of allylic oxidation sites excluding steroid dienone is 1. The van der Waals surface area contributed by atoms with Crippen LogP contribution in [-0.4, -0.2) is 83.2 Å². The van der Waals surface area contributed by atoms with Gasteiger partial charge in [-0.05, 0) is 102 Å². The van der Waals surface area contributed by atoms with E-state index < -0.39 is 9.73 Å². The summed E-state index contributed by atoms with van der Waals surface area (Å²) in [5.41, 5.74) is 4.49. The second-order valence-electron chi connectivity index (χ2n) is 13.8. The van der Waals surface area contributed by atoms with Crippen molar-refractivity contribution in [3.63, 3.8) is 0 Å². The molecule has 1 unspecified atom stereocenters. The molecule has 0 aromatic heterocycles. The molecule has 228 valence electrons. The number of nitrogens with zero attached hydrogens (tertiary/aromatic N) is 5. The third-order valence-electron chi connectivity index (χ3n) is 9.47. The molecule has 2 N–H and O–H groups in total. The molecule has 0 radical (unpaired) electrons. The van der Waals surface area contributed by atoms with Crippen molar-refractivity contribution in [2.24, 2.45) is 19.8 Å². The van der Waals surface area contributed by atoms with Gasteiger partial charge in [0.05, 0.1) is 18.2 Å². The molecule has 0 aliphatic carbocycles. The lowest BCUT2D eigenvalue weighted by atomic mass is 9.72. The topological polar surface area (TPSA) is 93.9 Å². The minimum atomic E-state index is -2.29. The van der Waals surface area contributed by atoms with Gasteiger partial charge in [0, 0.05) is 51.6 Å². The number of benzene rings is 1. The molecule has 42 heavy (non-hydrogen) atoms. The number of anilines is 1. The maximum atomic E-state index is 12.5. The maximum absolute atomic E-state index is 12.5. The van der Waals surface area contributed by atoms with Crippen LogP contribution < -0.4 is 10.6 Å². The molecule has 2 fully saturated rings. The monoisotopic (exact) mass is 593 g/mol. The van der Waals surface area contributed by atoms with Gasteiger partial charge in [-0.15, -0.1) is 0 Å². The Bertz CT molecular complexity index is 1490. The van der Waals surface area contributed by atoms with Gasteiger partial charge in [-0.25, -0.2) is 14.2 Å². The Labute approximate surface area is 251 Å². The van der Waals surface area contributed by atoms with Crippen LogP contribution in [0.3, 0.4) is 0 Å². The number of hydrogen-bond donors (Lipinski definition) is 2. The number of nitrogens with one attached hydrogen (secondary N) is 2. The molecule has 10 heteroatoms. The Hall–Kier alpha value is -2.69. The normalized spacial score (nSPS) is 29.8. The van der Waals surface area contributed by atoms with E-state index in [4.69, 9.17) is 14.7 Å². The van der Waals surface area contributed by atoms with Gasteiger partial charge in [0.25, 0.3) is 0 Å². The van der Waals surface area contributed by atoms with E-state index in [1.807, 2.05) is 6.21 Å². The van der Waals surface area contributed by atoms with Crippen LogP contribution in [0.15, 0.2) is 55.8 Å². The van der Waals surface area contributed by atoms with E-state index in [1.165, 1.54) is 24.0 Å². The zero-order chi connectivity index (χ0) is 29.9. The van der Waals surface area contributed by atoms with E-state index in [-0.39, 0.29) is 23.3 Å². The average Bonchev–Trinajstić information content (AvgIpc) is 3.15. The lowest BCUT2D eigenvalue weighted by Crippen LogP contribution is -2.53. The predicted molar refractivity (Wildman–Crippen MR) is 172 cm³/mol. The number of aliphatic imine (C=N–C) groups is 2. The van der Waals surface area contributed by atoms with Crippen LogP contribution in [0.25, 0.3) is 0 Å². The van der Waals surface area contributed by atoms with Gasteiger partial charge in [0.1, 0.15) is 17.5 Å². The van der Waals surface area contributed by atoms with Crippen molar-refractivity contribution in [2.45, 2.75) is 83.6 Å². The lowest BCUT2D eigenvalue weighted by molar-refractivity contribution is -0.118. The van der Waals surface area contributed by atoms with Crippen LogP contribution >= 0.6 is 0 Å². The molecule has 6 rings (SSSR count). The van der Waals surface area contributed by atoms with Gasteiger partial charge < -0.3 is 25.2 Å². The molecule has 2 saturated heterocycles. The lowest BCUT2D eigenvalue weighted by Gasteiger charge is -2.47. The Morgan fingerprint density at radius 3 is 2.67 bits per heavy atom. The summed E-state index contributed by atoms with van der Waals surface area (Å²) in [6.45, 7) is 11.7. The molecule has 5 aliphatic heterocycles. The number of piperidine rings is 1. The molecular formula is C32H47N7O2S. The Morgan fingerprint density at radius 1 is 1.19 bits per heavy atom. The van der Waals surface area contributed by atoms with Crippen molar-refractivity contribution in [3.05, 3.63) is 52.6 Å². The molecule has 0 spiro atoms. The molecule has 1 aromatic carbocycles. The first-order valence-electron chi connectivity index (χ1n) is 15.3. The number of likely N-dealkylation sites (tertiary alicyclic amines) is 1. The van der Waals surface area contributed by atoms with Gasteiger partial charge in [-0.1, -0.05) is 13.0 Å². The molecule has 1 aromatic rings. The highest BCUT2D eigenvalue weighted by Gasteiger charge is 2.56. The van der Waals surface area contributed by atoms with Crippen LogP contribution in [0.5, 0.6) is 0 Å². The molecular weight excluding hydrogens is 546 g/mol. The summed E-state index contributed by atoms with van der Waals surface area (Å²) in [5, 5.41) is 7.35. The van der Waals surface area contributed by atoms with Crippen LogP contribution in [0.4, 0.5) is 5.69 Å². The summed E-state index contributed by atoms with van der Waals surface area (Å²) in [6, 6.07) is 6.89. The first-order chi connectivity index (χ1) is 19.8. The number of fused-ring (bicyclic) bond motifs is 2. The van der Waals surface area contributed by atoms with E-state index in [1.54, 1.807) is 12.5 Å². The predicted octanol–water partition coefficient (Wildman–Crippen LogP) is 5.04. The van der Waals surface area contributed by atoms with Crippen molar-refractivity contribution in [3.8, 4) is 0 Å². The van der Waals surface area contributed by atoms with E-state index in [2.05, 4.69) is 83.8 Å². The highest BCUT2D eigenvalue weighted by Crippen LogP contribution is 2.52. The molecule has 0 bridgehead atoms. The minimum absolute atomic E-state index is 0.141. The first kappa shape index (κ1) is 29.4. The third kappa shape index (κ3) is 5.77. The van der Waals surface area contributed by atoms with E-state index >= 15 is 0 Å². The van der Waals surface area contributed by atoms with Crippen LogP contribution in [0, 0.1) is 12.3 Å². The number of aryl methyl sites for hydroxylation is 1. The number of ether oxygens (including phenoxy) is 1. The smallest absolute Gasteiger partial charge is 0.195 e. The van der Waals surface area contributed by atoms with Crippen molar-refractivity contribution < 1.29 is 8.95 Å². The highest BCUT2D eigenvalue weighted by atomic mass is 32.2. The Balaban J connectivity index is 1.27. The quantitative estimate of drug-likeness (QED) is 0.508. The fraction of sp³-hybridized carbons (Fsp3) is 0.625. The van der Waals surface area contributed by atoms with E-state index in [0.29, 0.717) is 24.8 Å². The average molecular weight is 594 g/mol. The van der Waals surface area contributed by atoms with Gasteiger partial charge in [-0.2, -0.15) is 4.36 Å². The summed E-state index contributed by atoms with van der Waals surface area (Å²) in [7, 11) is -0.0791. The Kier molecular flexibility index (Phi) is 7.55. The molecule has 3 atom stereocenters. The van der Waals surface area contributed by atoms with Crippen LogP contribution in [0.2, 0.25) is 0 Å². The largest absolute Gasteiger partial charge is 0.374 e. The second-order valence-corrected chi connectivity index (χ2v) is 16.4. The summed E-state index contributed by atoms with van der Waals surface area (Å²) >= 11 is 0. The fourth-order valence-corrected chi connectivity index (χ4v) is 7.78. The molecule has 5 aliphatic rings. The summed E-state index contributed by atoms with van der Waals surface area (Å²) in [4.78, 5) is 14.7. The van der Waals surface area contributed by atoms with E-state index in [9.17, 15) is 4.21 Å². The fourth-order valence-electron chi connectivity index (χ4n) is 7.14. The zero-order valence-corrected chi connectivity index (χ0v) is 27.1. The second kappa shape index (κ2) is 10.8. The number of rotatable bonds is 4. The van der Waals surface area contributed by atoms with Crippen LogP contribution in [0.1, 0.15) is 69.9 Å². The van der Waals surface area contributed by atoms with Gasteiger partial charge in [-0.3, -0.25) is 0 Å². The van der Waals surface area contributed by atoms with Gasteiger partial charge >= 0.3 is 0 Å². The molecule has 9 nitrogen and oxygen atoms in total. The van der Waals surface area contributed by atoms with E-state index in [0.717, 1.165) is 48.8 Å². The summed E-state index contributed by atoms with van der Waals surface area (Å²) in [5.74, 6) is 3.17. The van der Waals surface area contributed by atoms with Crippen molar-refractivity contribution in [1.29, 1.82) is 0 Å². The number of hydrogen-bond acceptors (Lipinski definition) is 9. The van der Waals surface area contributed by atoms with Crippen LogP contribution in [-0.2, 0) is 14.5 Å². The zero-order valence-electron chi connectivity index (χ0n) is 26.2. The molecule has 0 saturated carbocycles. The van der Waals surface area contributed by atoms with Gasteiger partial charge in [0.15, 0.2) is 6.29 Å².